The number of nitrogens with one attached hydrogen (secondary N) is 1. The summed E-state index contributed by atoms with van der Waals surface area (Å²) in [4.78, 5) is 8.37. The van der Waals surface area contributed by atoms with Crippen LogP contribution >= 0.6 is 0 Å². The van der Waals surface area contributed by atoms with Crippen LogP contribution in [0.25, 0.3) is 0 Å². The molecule has 1 aromatic heterocycles. The zero-order valence-corrected chi connectivity index (χ0v) is 10.0. The standard InChI is InChI=1S/C13H16N4/c1-9(11-5-3-4-6-12(11)14)16-13-7-8-15-10(2)17-13/h3-9H,14H2,1-2H3,(H,15,16,17). The normalized spacial score (nSPS) is 12.1. The summed E-state index contributed by atoms with van der Waals surface area (Å²) in [6.45, 7) is 3.93. The molecule has 17 heavy (non-hydrogen) atoms. The van der Waals surface area contributed by atoms with Gasteiger partial charge >= 0.3 is 0 Å². The fraction of sp³-hybridized carbons (Fsp3) is 0.231. The van der Waals surface area contributed by atoms with Gasteiger partial charge in [-0.2, -0.15) is 0 Å². The molecular formula is C13H16N4. The lowest BCUT2D eigenvalue weighted by molar-refractivity contribution is 0.870. The molecule has 1 heterocycles. The van der Waals surface area contributed by atoms with Crippen molar-refractivity contribution in [3.05, 3.63) is 47.9 Å². The van der Waals surface area contributed by atoms with Crippen LogP contribution in [-0.4, -0.2) is 9.97 Å². The number of para-hydroxylation sites is 1. The number of hydrogen-bond acceptors (Lipinski definition) is 4. The van der Waals surface area contributed by atoms with Crippen molar-refractivity contribution in [2.75, 3.05) is 11.1 Å². The Kier molecular flexibility index (Phi) is 3.23. The van der Waals surface area contributed by atoms with Crippen molar-refractivity contribution in [2.45, 2.75) is 19.9 Å². The van der Waals surface area contributed by atoms with Crippen LogP contribution in [-0.2, 0) is 0 Å². The average Bonchev–Trinajstić information content (AvgIpc) is 2.29. The fourth-order valence-electron chi connectivity index (χ4n) is 1.74. The summed E-state index contributed by atoms with van der Waals surface area (Å²) in [7, 11) is 0. The molecule has 0 aliphatic rings. The second-order valence-electron chi connectivity index (χ2n) is 3.98. The maximum atomic E-state index is 5.93. The molecule has 1 atom stereocenters. The third-order valence-corrected chi connectivity index (χ3v) is 2.60. The molecule has 0 bridgehead atoms. The predicted molar refractivity (Wildman–Crippen MR) is 69.7 cm³/mol. The lowest BCUT2D eigenvalue weighted by Gasteiger charge is -2.16. The first-order chi connectivity index (χ1) is 8.16. The molecule has 0 spiro atoms. The highest BCUT2D eigenvalue weighted by molar-refractivity contribution is 5.50. The average molecular weight is 228 g/mol. The molecule has 4 heteroatoms. The first kappa shape index (κ1) is 11.4. The van der Waals surface area contributed by atoms with Crippen molar-refractivity contribution in [3.63, 3.8) is 0 Å². The van der Waals surface area contributed by atoms with Crippen LogP contribution in [0.2, 0.25) is 0 Å². The zero-order valence-electron chi connectivity index (χ0n) is 10.0. The molecule has 1 aromatic carbocycles. The predicted octanol–water partition coefficient (Wildman–Crippen LogP) is 2.54. The number of hydrogen-bond donors (Lipinski definition) is 2. The molecule has 2 rings (SSSR count). The lowest BCUT2D eigenvalue weighted by atomic mass is 10.1. The van der Waals surface area contributed by atoms with Gasteiger partial charge < -0.3 is 11.1 Å². The Morgan fingerprint density at radius 3 is 2.71 bits per heavy atom. The Bertz CT molecular complexity index is 510. The van der Waals surface area contributed by atoms with E-state index in [1.54, 1.807) is 6.20 Å². The third kappa shape index (κ3) is 2.72. The summed E-state index contributed by atoms with van der Waals surface area (Å²) in [5, 5.41) is 3.31. The van der Waals surface area contributed by atoms with E-state index in [4.69, 9.17) is 5.73 Å². The van der Waals surface area contributed by atoms with E-state index in [-0.39, 0.29) is 6.04 Å². The molecule has 2 aromatic rings. The van der Waals surface area contributed by atoms with Crippen LogP contribution in [0.4, 0.5) is 11.5 Å². The maximum Gasteiger partial charge on any atom is 0.130 e. The van der Waals surface area contributed by atoms with Crippen molar-refractivity contribution >= 4 is 11.5 Å². The monoisotopic (exact) mass is 228 g/mol. The molecule has 0 saturated heterocycles. The molecule has 0 amide bonds. The van der Waals surface area contributed by atoms with Gasteiger partial charge in [-0.05, 0) is 31.5 Å². The van der Waals surface area contributed by atoms with Gasteiger partial charge in [0.2, 0.25) is 0 Å². The number of benzene rings is 1. The molecule has 3 N–H and O–H groups in total. The summed E-state index contributed by atoms with van der Waals surface area (Å²) in [6.07, 6.45) is 1.74. The quantitative estimate of drug-likeness (QED) is 0.792. The van der Waals surface area contributed by atoms with Gasteiger partial charge in [0, 0.05) is 11.9 Å². The highest BCUT2D eigenvalue weighted by Gasteiger charge is 2.08. The first-order valence-electron chi connectivity index (χ1n) is 5.57. The molecule has 0 aliphatic heterocycles. The Hall–Kier alpha value is -2.10. The van der Waals surface area contributed by atoms with E-state index < -0.39 is 0 Å². The number of nitrogens with two attached hydrogens (primary N) is 1. The largest absolute Gasteiger partial charge is 0.398 e. The Morgan fingerprint density at radius 1 is 1.24 bits per heavy atom. The van der Waals surface area contributed by atoms with Gasteiger partial charge in [-0.3, -0.25) is 0 Å². The van der Waals surface area contributed by atoms with Crippen LogP contribution < -0.4 is 11.1 Å². The summed E-state index contributed by atoms with van der Waals surface area (Å²) >= 11 is 0. The minimum atomic E-state index is 0.116. The number of rotatable bonds is 3. The number of nitrogens with zero attached hydrogens (tertiary/aromatic N) is 2. The van der Waals surface area contributed by atoms with E-state index in [0.29, 0.717) is 0 Å². The van der Waals surface area contributed by atoms with E-state index >= 15 is 0 Å². The zero-order chi connectivity index (χ0) is 12.3. The smallest absolute Gasteiger partial charge is 0.130 e. The summed E-state index contributed by atoms with van der Waals surface area (Å²) in [5.74, 6) is 1.57. The molecular weight excluding hydrogens is 212 g/mol. The second-order valence-corrected chi connectivity index (χ2v) is 3.98. The second kappa shape index (κ2) is 4.82. The van der Waals surface area contributed by atoms with Crippen molar-refractivity contribution in [3.8, 4) is 0 Å². The summed E-state index contributed by atoms with van der Waals surface area (Å²) in [6, 6.07) is 9.79. The van der Waals surface area contributed by atoms with Gasteiger partial charge in [0.15, 0.2) is 0 Å². The lowest BCUT2D eigenvalue weighted by Crippen LogP contribution is -2.10. The summed E-state index contributed by atoms with van der Waals surface area (Å²) in [5.41, 5.74) is 7.80. The molecule has 0 aliphatic carbocycles. The number of nitrogen functional groups attached to an aromatic ring is 1. The Balaban J connectivity index is 2.17. The van der Waals surface area contributed by atoms with Crippen molar-refractivity contribution in [2.24, 2.45) is 0 Å². The minimum absolute atomic E-state index is 0.116. The van der Waals surface area contributed by atoms with Crippen molar-refractivity contribution in [1.29, 1.82) is 0 Å². The molecule has 0 fully saturated rings. The van der Waals surface area contributed by atoms with Gasteiger partial charge in [-0.1, -0.05) is 18.2 Å². The fourth-order valence-corrected chi connectivity index (χ4v) is 1.74. The molecule has 88 valence electrons. The highest BCUT2D eigenvalue weighted by atomic mass is 15.0. The number of aryl methyl sites for hydroxylation is 1. The van der Waals surface area contributed by atoms with Crippen LogP contribution in [0.3, 0.4) is 0 Å². The van der Waals surface area contributed by atoms with E-state index in [1.165, 1.54) is 0 Å². The summed E-state index contributed by atoms with van der Waals surface area (Å²) < 4.78 is 0. The number of aromatic nitrogens is 2. The topological polar surface area (TPSA) is 63.8 Å². The van der Waals surface area contributed by atoms with E-state index in [2.05, 4.69) is 22.2 Å². The van der Waals surface area contributed by atoms with Crippen LogP contribution in [0.5, 0.6) is 0 Å². The maximum absolute atomic E-state index is 5.93. The van der Waals surface area contributed by atoms with Crippen molar-refractivity contribution < 1.29 is 0 Å². The van der Waals surface area contributed by atoms with Gasteiger partial charge in [-0.25, -0.2) is 9.97 Å². The van der Waals surface area contributed by atoms with Gasteiger partial charge in [0.1, 0.15) is 11.6 Å². The third-order valence-electron chi connectivity index (χ3n) is 2.60. The van der Waals surface area contributed by atoms with Crippen LogP contribution in [0, 0.1) is 6.92 Å². The van der Waals surface area contributed by atoms with Gasteiger partial charge in [0.25, 0.3) is 0 Å². The first-order valence-corrected chi connectivity index (χ1v) is 5.57. The minimum Gasteiger partial charge on any atom is -0.398 e. The van der Waals surface area contributed by atoms with Crippen molar-refractivity contribution in [1.82, 2.24) is 9.97 Å². The Morgan fingerprint density at radius 2 is 2.00 bits per heavy atom. The van der Waals surface area contributed by atoms with Gasteiger partial charge in [0.05, 0.1) is 6.04 Å². The van der Waals surface area contributed by atoms with Crippen LogP contribution in [0.15, 0.2) is 36.5 Å². The number of anilines is 2. The van der Waals surface area contributed by atoms with Crippen LogP contribution in [0.1, 0.15) is 24.4 Å². The van der Waals surface area contributed by atoms with E-state index in [1.807, 2.05) is 37.3 Å². The Labute approximate surface area is 101 Å². The van der Waals surface area contributed by atoms with E-state index in [9.17, 15) is 0 Å². The molecule has 0 saturated carbocycles. The molecule has 0 radical (unpaired) electrons. The van der Waals surface area contributed by atoms with Gasteiger partial charge in [-0.15, -0.1) is 0 Å². The highest BCUT2D eigenvalue weighted by Crippen LogP contribution is 2.22. The molecule has 4 nitrogen and oxygen atoms in total. The van der Waals surface area contributed by atoms with E-state index in [0.717, 1.165) is 22.9 Å². The molecule has 1 unspecified atom stereocenters. The SMILES string of the molecule is Cc1nccc(NC(C)c2ccccc2N)n1.